The van der Waals surface area contributed by atoms with Crippen LogP contribution in [0.4, 0.5) is 0 Å². The molecule has 22 heavy (non-hydrogen) atoms. The number of hydrogen-bond acceptors (Lipinski definition) is 6. The first-order valence-corrected chi connectivity index (χ1v) is 7.06. The molecule has 0 radical (unpaired) electrons. The maximum absolute atomic E-state index is 9.98. The van der Waals surface area contributed by atoms with Crippen LogP contribution >= 0.6 is 0 Å². The Hall–Kier alpha value is -1.64. The SMILES string of the molecule is Cc1ccc2c(O[C@H]3OC(CO)[C@@H](O)[C@H](O)C3O)c[nH]c2c1. The first-order valence-electron chi connectivity index (χ1n) is 7.06. The van der Waals surface area contributed by atoms with Crippen molar-refractivity contribution < 1.29 is 29.9 Å². The topological polar surface area (TPSA) is 115 Å². The van der Waals surface area contributed by atoms with E-state index in [1.54, 1.807) is 6.20 Å². The fourth-order valence-corrected chi connectivity index (χ4v) is 2.60. The lowest BCUT2D eigenvalue weighted by Gasteiger charge is -2.39. The minimum absolute atomic E-state index is 0.458. The number of hydrogen-bond donors (Lipinski definition) is 5. The molecule has 120 valence electrons. The van der Waals surface area contributed by atoms with Gasteiger partial charge < -0.3 is 34.9 Å². The summed E-state index contributed by atoms with van der Waals surface area (Å²) < 4.78 is 11.0. The number of aliphatic hydroxyl groups excluding tert-OH is 4. The van der Waals surface area contributed by atoms with Gasteiger partial charge in [-0.1, -0.05) is 6.07 Å². The lowest BCUT2D eigenvalue weighted by molar-refractivity contribution is -0.277. The van der Waals surface area contributed by atoms with Gasteiger partial charge in [-0.3, -0.25) is 0 Å². The summed E-state index contributed by atoms with van der Waals surface area (Å²) in [5.41, 5.74) is 1.97. The third kappa shape index (κ3) is 2.57. The van der Waals surface area contributed by atoms with E-state index in [4.69, 9.17) is 9.47 Å². The first kappa shape index (κ1) is 15.3. The van der Waals surface area contributed by atoms with E-state index in [1.807, 2.05) is 25.1 Å². The van der Waals surface area contributed by atoms with Crippen molar-refractivity contribution in [1.82, 2.24) is 4.98 Å². The average molecular weight is 309 g/mol. The van der Waals surface area contributed by atoms with Crippen LogP contribution in [0.3, 0.4) is 0 Å². The minimum Gasteiger partial charge on any atom is -0.460 e. The summed E-state index contributed by atoms with van der Waals surface area (Å²) in [6.07, 6.45) is -4.82. The molecule has 0 aliphatic carbocycles. The Labute approximate surface area is 126 Å². The van der Waals surface area contributed by atoms with Gasteiger partial charge in [0.15, 0.2) is 0 Å². The van der Waals surface area contributed by atoms with Crippen LogP contribution < -0.4 is 4.74 Å². The van der Waals surface area contributed by atoms with Crippen LogP contribution in [-0.4, -0.2) is 62.7 Å². The van der Waals surface area contributed by atoms with Gasteiger partial charge in [0.25, 0.3) is 0 Å². The van der Waals surface area contributed by atoms with Crippen molar-refractivity contribution in [2.75, 3.05) is 6.61 Å². The molecule has 7 nitrogen and oxygen atoms in total. The average Bonchev–Trinajstić information content (AvgIpc) is 2.90. The largest absolute Gasteiger partial charge is 0.460 e. The minimum atomic E-state index is -1.46. The van der Waals surface area contributed by atoms with E-state index in [2.05, 4.69) is 4.98 Å². The van der Waals surface area contributed by atoms with Crippen LogP contribution in [0, 0.1) is 6.92 Å². The van der Waals surface area contributed by atoms with Crippen molar-refractivity contribution in [1.29, 1.82) is 0 Å². The molecule has 0 bridgehead atoms. The lowest BCUT2D eigenvalue weighted by atomic mass is 9.99. The Morgan fingerprint density at radius 1 is 1.18 bits per heavy atom. The fraction of sp³-hybridized carbons (Fsp3) is 0.467. The van der Waals surface area contributed by atoms with Gasteiger partial charge in [0.2, 0.25) is 6.29 Å². The Morgan fingerprint density at radius 3 is 2.68 bits per heavy atom. The summed E-state index contributed by atoms with van der Waals surface area (Å²) in [6.45, 7) is 1.48. The normalized spacial score (nSPS) is 32.3. The Kier molecular flexibility index (Phi) is 4.07. The highest BCUT2D eigenvalue weighted by molar-refractivity contribution is 5.86. The van der Waals surface area contributed by atoms with Crippen LogP contribution in [0.2, 0.25) is 0 Å². The molecule has 1 aliphatic rings. The van der Waals surface area contributed by atoms with E-state index >= 15 is 0 Å². The van der Waals surface area contributed by atoms with Crippen LogP contribution in [0.25, 0.3) is 10.9 Å². The highest BCUT2D eigenvalue weighted by atomic mass is 16.7. The summed E-state index contributed by atoms with van der Waals surface area (Å²) in [6, 6.07) is 5.76. The zero-order valence-corrected chi connectivity index (χ0v) is 12.0. The monoisotopic (exact) mass is 309 g/mol. The number of H-pyrrole nitrogens is 1. The van der Waals surface area contributed by atoms with Gasteiger partial charge in [0.05, 0.1) is 6.61 Å². The fourth-order valence-electron chi connectivity index (χ4n) is 2.60. The number of aromatic amines is 1. The summed E-state index contributed by atoms with van der Waals surface area (Å²) >= 11 is 0. The van der Waals surface area contributed by atoms with Gasteiger partial charge in [-0.05, 0) is 24.6 Å². The molecular weight excluding hydrogens is 290 g/mol. The van der Waals surface area contributed by atoms with E-state index in [-0.39, 0.29) is 0 Å². The van der Waals surface area contributed by atoms with Crippen LogP contribution in [0.1, 0.15) is 5.56 Å². The maximum Gasteiger partial charge on any atom is 0.229 e. The number of ether oxygens (including phenoxy) is 2. The van der Waals surface area contributed by atoms with Gasteiger partial charge in [-0.25, -0.2) is 0 Å². The smallest absolute Gasteiger partial charge is 0.229 e. The van der Waals surface area contributed by atoms with Gasteiger partial charge >= 0.3 is 0 Å². The Morgan fingerprint density at radius 2 is 1.95 bits per heavy atom. The number of benzene rings is 1. The third-order valence-electron chi connectivity index (χ3n) is 3.89. The number of nitrogens with one attached hydrogen (secondary N) is 1. The van der Waals surface area contributed by atoms with Crippen molar-refractivity contribution in [2.45, 2.75) is 37.6 Å². The van der Waals surface area contributed by atoms with Crippen molar-refractivity contribution >= 4 is 10.9 Å². The summed E-state index contributed by atoms with van der Waals surface area (Å²) in [4.78, 5) is 3.06. The lowest BCUT2D eigenvalue weighted by Crippen LogP contribution is -2.60. The number of rotatable bonds is 3. The summed E-state index contributed by atoms with van der Waals surface area (Å²) in [7, 11) is 0. The number of aryl methyl sites for hydroxylation is 1. The molecule has 2 heterocycles. The molecule has 2 aromatic rings. The van der Waals surface area contributed by atoms with E-state index in [1.165, 1.54) is 0 Å². The highest BCUT2D eigenvalue weighted by Crippen LogP contribution is 2.30. The summed E-state index contributed by atoms with van der Waals surface area (Å²) in [5.74, 6) is 0.458. The molecule has 5 atom stereocenters. The molecule has 0 saturated carbocycles. The zero-order chi connectivity index (χ0) is 15.9. The van der Waals surface area contributed by atoms with Gasteiger partial charge in [-0.2, -0.15) is 0 Å². The van der Waals surface area contributed by atoms with Crippen molar-refractivity contribution in [3.05, 3.63) is 30.0 Å². The molecule has 1 aliphatic heterocycles. The molecule has 1 saturated heterocycles. The molecule has 5 N–H and O–H groups in total. The third-order valence-corrected chi connectivity index (χ3v) is 3.89. The van der Waals surface area contributed by atoms with Crippen molar-refractivity contribution in [2.24, 2.45) is 0 Å². The standard InChI is InChI=1S/C15H19NO6/c1-7-2-3-8-9(4-7)16-5-10(8)21-15-14(20)13(19)12(18)11(6-17)22-15/h2-5,11-20H,6H2,1H3/t11?,12-,13+,14?,15+/m1/s1. The second kappa shape index (κ2) is 5.86. The number of aromatic nitrogens is 1. The molecule has 0 amide bonds. The van der Waals surface area contributed by atoms with Crippen LogP contribution in [0.15, 0.2) is 24.4 Å². The van der Waals surface area contributed by atoms with Gasteiger partial charge in [-0.15, -0.1) is 0 Å². The van der Waals surface area contributed by atoms with E-state index in [9.17, 15) is 20.4 Å². The van der Waals surface area contributed by atoms with Crippen LogP contribution in [0.5, 0.6) is 5.75 Å². The molecular formula is C15H19NO6. The molecule has 3 rings (SSSR count). The summed E-state index contributed by atoms with van der Waals surface area (Å²) in [5, 5.41) is 39.5. The molecule has 7 heteroatoms. The van der Waals surface area contributed by atoms with Crippen molar-refractivity contribution in [3.63, 3.8) is 0 Å². The number of aliphatic hydroxyl groups is 4. The molecule has 2 unspecified atom stereocenters. The molecule has 1 fully saturated rings. The predicted octanol–water partition coefficient (Wildman–Crippen LogP) is -0.345. The van der Waals surface area contributed by atoms with E-state index in [0.29, 0.717) is 5.75 Å². The second-order valence-electron chi connectivity index (χ2n) is 5.52. The molecule has 1 aromatic heterocycles. The quantitative estimate of drug-likeness (QED) is 0.530. The Balaban J connectivity index is 1.84. The first-order chi connectivity index (χ1) is 10.5. The predicted molar refractivity (Wildman–Crippen MR) is 77.4 cm³/mol. The Bertz CT molecular complexity index is 655. The molecule has 0 spiro atoms. The van der Waals surface area contributed by atoms with Crippen LogP contribution in [-0.2, 0) is 4.74 Å². The second-order valence-corrected chi connectivity index (χ2v) is 5.52. The van der Waals surface area contributed by atoms with Gasteiger partial charge in [0, 0.05) is 17.1 Å². The zero-order valence-electron chi connectivity index (χ0n) is 12.0. The number of fused-ring (bicyclic) bond motifs is 1. The van der Waals surface area contributed by atoms with E-state index < -0.39 is 37.3 Å². The maximum atomic E-state index is 9.98. The van der Waals surface area contributed by atoms with Crippen molar-refractivity contribution in [3.8, 4) is 5.75 Å². The molecule has 1 aromatic carbocycles. The van der Waals surface area contributed by atoms with E-state index in [0.717, 1.165) is 16.5 Å². The highest BCUT2D eigenvalue weighted by Gasteiger charge is 2.44. The van der Waals surface area contributed by atoms with Gasteiger partial charge in [0.1, 0.15) is 30.2 Å².